The van der Waals surface area contributed by atoms with Crippen LogP contribution < -0.4 is 5.32 Å². The first-order valence-corrected chi connectivity index (χ1v) is 10.3. The zero-order valence-electron chi connectivity index (χ0n) is 16.8. The monoisotopic (exact) mass is 428 g/mol. The van der Waals surface area contributed by atoms with E-state index in [1.165, 1.54) is 0 Å². The van der Waals surface area contributed by atoms with Crippen molar-refractivity contribution >= 4 is 46.3 Å². The third kappa shape index (κ3) is 5.50. The molecule has 4 rings (SSSR count). The summed E-state index contributed by atoms with van der Waals surface area (Å²) in [5, 5.41) is 14.2. The van der Waals surface area contributed by atoms with Crippen molar-refractivity contribution in [1.82, 2.24) is 4.98 Å². The number of aliphatic carboxylic acids is 1. The third-order valence-electron chi connectivity index (χ3n) is 4.95. The van der Waals surface area contributed by atoms with Crippen molar-refractivity contribution in [3.05, 3.63) is 106 Å². The zero-order chi connectivity index (χ0) is 21.6. The van der Waals surface area contributed by atoms with E-state index in [1.54, 1.807) is 0 Å². The number of nitrogens with zero attached hydrogens (tertiary/aromatic N) is 1. The van der Waals surface area contributed by atoms with E-state index in [4.69, 9.17) is 16.7 Å². The zero-order valence-corrected chi connectivity index (χ0v) is 17.5. The Morgan fingerprint density at radius 3 is 2.58 bits per heavy atom. The topological polar surface area (TPSA) is 62.2 Å². The molecule has 0 amide bonds. The van der Waals surface area contributed by atoms with Gasteiger partial charge < -0.3 is 10.4 Å². The summed E-state index contributed by atoms with van der Waals surface area (Å²) < 4.78 is 0. The normalized spacial score (nSPS) is 11.1. The predicted octanol–water partition coefficient (Wildman–Crippen LogP) is 6.30. The maximum Gasteiger partial charge on any atom is 0.307 e. The van der Waals surface area contributed by atoms with Crippen LogP contribution in [-0.2, 0) is 17.8 Å². The van der Waals surface area contributed by atoms with Crippen LogP contribution in [0.2, 0.25) is 5.02 Å². The minimum absolute atomic E-state index is 0.0185. The van der Waals surface area contributed by atoms with Crippen molar-refractivity contribution in [2.24, 2.45) is 0 Å². The summed E-state index contributed by atoms with van der Waals surface area (Å²) in [6.07, 6.45) is 4.01. The van der Waals surface area contributed by atoms with E-state index in [9.17, 15) is 4.79 Å². The van der Waals surface area contributed by atoms with Gasteiger partial charge in [-0.25, -0.2) is 4.98 Å². The smallest absolute Gasteiger partial charge is 0.307 e. The Balaban J connectivity index is 1.47. The fourth-order valence-corrected chi connectivity index (χ4v) is 3.56. The highest BCUT2D eigenvalue weighted by molar-refractivity contribution is 6.31. The molecule has 0 atom stereocenters. The summed E-state index contributed by atoms with van der Waals surface area (Å²) >= 11 is 6.08. The van der Waals surface area contributed by atoms with Gasteiger partial charge in [0.05, 0.1) is 17.6 Å². The standard InChI is InChI=1S/C26H21ClN2O2/c27-22-11-9-19-10-13-23(29-25(19)16-22)12-8-18-4-3-7-24(14-18)28-17-21-6-2-1-5-20(21)15-26(30)31/h1-14,16,28H,15,17H2,(H,30,31)/b12-8+. The SMILES string of the molecule is O=C(O)Cc1ccccc1CNc1cccc(/C=C/c2ccc3ccc(Cl)cc3n2)c1. The van der Waals surface area contributed by atoms with Crippen molar-refractivity contribution in [3.63, 3.8) is 0 Å². The lowest BCUT2D eigenvalue weighted by Crippen LogP contribution is -2.07. The van der Waals surface area contributed by atoms with Gasteiger partial charge in [0.15, 0.2) is 0 Å². The number of carboxylic acid groups (broad SMARTS) is 1. The van der Waals surface area contributed by atoms with Gasteiger partial charge in [-0.1, -0.05) is 66.2 Å². The molecule has 5 heteroatoms. The highest BCUT2D eigenvalue weighted by Crippen LogP contribution is 2.20. The largest absolute Gasteiger partial charge is 0.481 e. The lowest BCUT2D eigenvalue weighted by molar-refractivity contribution is -0.136. The summed E-state index contributed by atoms with van der Waals surface area (Å²) in [6.45, 7) is 0.559. The molecular formula is C26H21ClN2O2. The Labute approximate surface area is 185 Å². The molecule has 0 aliphatic carbocycles. The van der Waals surface area contributed by atoms with E-state index < -0.39 is 5.97 Å². The molecule has 1 aromatic heterocycles. The Morgan fingerprint density at radius 2 is 1.74 bits per heavy atom. The number of halogens is 1. The first-order valence-electron chi connectivity index (χ1n) is 9.94. The number of anilines is 1. The number of fused-ring (bicyclic) bond motifs is 1. The van der Waals surface area contributed by atoms with Gasteiger partial charge in [-0.15, -0.1) is 0 Å². The van der Waals surface area contributed by atoms with Crippen molar-refractivity contribution < 1.29 is 9.90 Å². The number of nitrogens with one attached hydrogen (secondary N) is 1. The minimum atomic E-state index is -0.829. The molecule has 0 fully saturated rings. The molecule has 0 radical (unpaired) electrons. The van der Waals surface area contributed by atoms with Crippen LogP contribution >= 0.6 is 11.6 Å². The second-order valence-electron chi connectivity index (χ2n) is 7.22. The van der Waals surface area contributed by atoms with Crippen LogP contribution in [-0.4, -0.2) is 16.1 Å². The quantitative estimate of drug-likeness (QED) is 0.362. The summed E-state index contributed by atoms with van der Waals surface area (Å²) in [7, 11) is 0. The lowest BCUT2D eigenvalue weighted by atomic mass is 10.0. The highest BCUT2D eigenvalue weighted by atomic mass is 35.5. The molecule has 154 valence electrons. The molecule has 3 aromatic carbocycles. The average molecular weight is 429 g/mol. The van der Waals surface area contributed by atoms with E-state index in [0.29, 0.717) is 11.6 Å². The first-order chi connectivity index (χ1) is 15.1. The van der Waals surface area contributed by atoms with Crippen molar-refractivity contribution in [3.8, 4) is 0 Å². The second kappa shape index (κ2) is 9.45. The van der Waals surface area contributed by atoms with E-state index >= 15 is 0 Å². The first kappa shape index (κ1) is 20.6. The van der Waals surface area contributed by atoms with Crippen LogP contribution in [0.5, 0.6) is 0 Å². The summed E-state index contributed by atoms with van der Waals surface area (Å²) in [5.41, 5.74) is 5.52. The van der Waals surface area contributed by atoms with Gasteiger partial charge in [0.2, 0.25) is 0 Å². The molecule has 4 aromatic rings. The van der Waals surface area contributed by atoms with Gasteiger partial charge >= 0.3 is 5.97 Å². The van der Waals surface area contributed by atoms with Crippen LogP contribution in [0.15, 0.2) is 78.9 Å². The highest BCUT2D eigenvalue weighted by Gasteiger charge is 2.06. The maximum absolute atomic E-state index is 11.1. The number of benzene rings is 3. The van der Waals surface area contributed by atoms with Crippen LogP contribution in [0.4, 0.5) is 5.69 Å². The molecular weight excluding hydrogens is 408 g/mol. The molecule has 2 N–H and O–H groups in total. The Kier molecular flexibility index (Phi) is 6.29. The molecule has 0 spiro atoms. The van der Waals surface area contributed by atoms with Crippen molar-refractivity contribution in [1.29, 1.82) is 0 Å². The molecule has 1 heterocycles. The van der Waals surface area contributed by atoms with Crippen molar-refractivity contribution in [2.75, 3.05) is 5.32 Å². The predicted molar refractivity (Wildman–Crippen MR) is 127 cm³/mol. The van der Waals surface area contributed by atoms with E-state index in [2.05, 4.69) is 10.3 Å². The Hall–Kier alpha value is -3.63. The Morgan fingerprint density at radius 1 is 0.935 bits per heavy atom. The van der Waals surface area contributed by atoms with Crippen LogP contribution in [0, 0.1) is 0 Å². The number of carbonyl (C=O) groups is 1. The number of aromatic nitrogens is 1. The van der Waals surface area contributed by atoms with Crippen LogP contribution in [0.1, 0.15) is 22.4 Å². The number of hydrogen-bond acceptors (Lipinski definition) is 3. The van der Waals surface area contributed by atoms with E-state index in [1.807, 2.05) is 91.0 Å². The number of pyridine rings is 1. The fraction of sp³-hybridized carbons (Fsp3) is 0.0769. The molecule has 31 heavy (non-hydrogen) atoms. The molecule has 0 saturated heterocycles. The number of carboxylic acids is 1. The molecule has 0 bridgehead atoms. The molecule has 0 saturated carbocycles. The van der Waals surface area contributed by atoms with E-state index in [-0.39, 0.29) is 6.42 Å². The molecule has 4 nitrogen and oxygen atoms in total. The van der Waals surface area contributed by atoms with Gasteiger partial charge in [0.1, 0.15) is 0 Å². The molecule has 0 unspecified atom stereocenters. The fourth-order valence-electron chi connectivity index (χ4n) is 3.40. The molecule has 0 aliphatic heterocycles. The van der Waals surface area contributed by atoms with E-state index in [0.717, 1.165) is 39.0 Å². The van der Waals surface area contributed by atoms with Gasteiger partial charge in [-0.05, 0) is 53.1 Å². The lowest BCUT2D eigenvalue weighted by Gasteiger charge is -2.11. The average Bonchev–Trinajstić information content (AvgIpc) is 2.77. The number of hydrogen-bond donors (Lipinski definition) is 2. The van der Waals surface area contributed by atoms with Gasteiger partial charge in [0.25, 0.3) is 0 Å². The maximum atomic E-state index is 11.1. The number of rotatable bonds is 7. The Bertz CT molecular complexity index is 1270. The van der Waals surface area contributed by atoms with Gasteiger partial charge in [-0.3, -0.25) is 4.79 Å². The van der Waals surface area contributed by atoms with Crippen molar-refractivity contribution in [2.45, 2.75) is 13.0 Å². The van der Waals surface area contributed by atoms with Gasteiger partial charge in [-0.2, -0.15) is 0 Å². The van der Waals surface area contributed by atoms with Gasteiger partial charge in [0, 0.05) is 22.6 Å². The summed E-state index contributed by atoms with van der Waals surface area (Å²) in [5.74, 6) is -0.829. The molecule has 0 aliphatic rings. The summed E-state index contributed by atoms with van der Waals surface area (Å²) in [4.78, 5) is 15.7. The third-order valence-corrected chi connectivity index (χ3v) is 5.19. The summed E-state index contributed by atoms with van der Waals surface area (Å²) in [6, 6.07) is 25.3. The minimum Gasteiger partial charge on any atom is -0.481 e. The second-order valence-corrected chi connectivity index (χ2v) is 7.66. The van der Waals surface area contributed by atoms with Crippen LogP contribution in [0.25, 0.3) is 23.1 Å². The van der Waals surface area contributed by atoms with Crippen LogP contribution in [0.3, 0.4) is 0 Å².